The summed E-state index contributed by atoms with van der Waals surface area (Å²) >= 11 is 0. The average Bonchev–Trinajstić information content (AvgIpc) is 2.48. The van der Waals surface area contributed by atoms with E-state index < -0.39 is 18.0 Å². The van der Waals surface area contributed by atoms with Gasteiger partial charge in [0.1, 0.15) is 0 Å². The predicted octanol–water partition coefficient (Wildman–Crippen LogP) is 0.517. The van der Waals surface area contributed by atoms with Crippen molar-refractivity contribution in [2.75, 3.05) is 21.3 Å². The van der Waals surface area contributed by atoms with Crippen LogP contribution >= 0.6 is 0 Å². The summed E-state index contributed by atoms with van der Waals surface area (Å²) in [5, 5.41) is 0. The van der Waals surface area contributed by atoms with Gasteiger partial charge in [-0.1, -0.05) is 12.2 Å². The van der Waals surface area contributed by atoms with Gasteiger partial charge in [-0.25, -0.2) is 4.79 Å². The summed E-state index contributed by atoms with van der Waals surface area (Å²) in [6, 6.07) is -0.222. The Balaban J connectivity index is 2.46. The van der Waals surface area contributed by atoms with Crippen LogP contribution in [0, 0.1) is 5.92 Å². The van der Waals surface area contributed by atoms with Crippen LogP contribution in [-0.4, -0.2) is 50.1 Å². The van der Waals surface area contributed by atoms with Gasteiger partial charge in [0, 0.05) is 20.4 Å². The van der Waals surface area contributed by atoms with Crippen molar-refractivity contribution < 1.29 is 19.1 Å². The van der Waals surface area contributed by atoms with Gasteiger partial charge in [-0.2, -0.15) is 0 Å². The van der Waals surface area contributed by atoms with E-state index in [0.29, 0.717) is 12.0 Å². The minimum Gasteiger partial charge on any atom is -0.466 e. The molecule has 2 aliphatic rings. The zero-order valence-corrected chi connectivity index (χ0v) is 10.8. The minimum atomic E-state index is -0.567. The molecule has 1 aliphatic carbocycles. The molecule has 1 heterocycles. The number of methoxy groups -OCH3 is 2. The molecule has 0 aromatic carbocycles. The zero-order valence-electron chi connectivity index (χ0n) is 10.8. The van der Waals surface area contributed by atoms with Crippen LogP contribution in [0.1, 0.15) is 6.42 Å². The number of hydrogen-bond donors (Lipinski definition) is 0. The number of nitrogens with zero attached hydrogens (tertiary/aromatic N) is 1. The average molecular weight is 251 g/mol. The van der Waals surface area contributed by atoms with Crippen molar-refractivity contribution in [3.05, 3.63) is 23.9 Å². The molecule has 0 amide bonds. The smallest absolute Gasteiger partial charge is 0.336 e. The van der Waals surface area contributed by atoms with Crippen molar-refractivity contribution in [1.29, 1.82) is 0 Å². The van der Waals surface area contributed by atoms with Gasteiger partial charge >= 0.3 is 5.97 Å². The van der Waals surface area contributed by atoms with Crippen LogP contribution in [0.4, 0.5) is 0 Å². The molecule has 0 aromatic rings. The Morgan fingerprint density at radius 2 is 2.17 bits per heavy atom. The van der Waals surface area contributed by atoms with Crippen LogP contribution in [0.15, 0.2) is 23.9 Å². The largest absolute Gasteiger partial charge is 0.466 e. The first-order chi connectivity index (χ1) is 8.60. The van der Waals surface area contributed by atoms with E-state index in [1.807, 2.05) is 12.2 Å². The Morgan fingerprint density at radius 1 is 1.44 bits per heavy atom. The van der Waals surface area contributed by atoms with Gasteiger partial charge in [-0.05, 0) is 6.42 Å². The van der Waals surface area contributed by atoms with Crippen molar-refractivity contribution in [3.8, 4) is 0 Å². The summed E-state index contributed by atoms with van der Waals surface area (Å²) in [4.78, 5) is 26.0. The molecular formula is C13H17NO4. The normalized spacial score (nSPS) is 30.8. The van der Waals surface area contributed by atoms with Crippen LogP contribution in [0.25, 0.3) is 0 Å². The highest BCUT2D eigenvalue weighted by molar-refractivity contribution is 6.01. The van der Waals surface area contributed by atoms with Gasteiger partial charge in [-0.15, -0.1) is 0 Å². The Morgan fingerprint density at radius 3 is 2.78 bits per heavy atom. The van der Waals surface area contributed by atoms with Crippen molar-refractivity contribution in [2.45, 2.75) is 18.6 Å². The number of fused-ring (bicyclic) bond motifs is 2. The van der Waals surface area contributed by atoms with E-state index in [4.69, 9.17) is 9.47 Å². The third kappa shape index (κ3) is 1.95. The molecule has 0 N–H and O–H groups in total. The molecule has 98 valence electrons. The molecule has 0 spiro atoms. The van der Waals surface area contributed by atoms with Crippen LogP contribution < -0.4 is 0 Å². The molecule has 0 saturated carbocycles. The Hall–Kier alpha value is -1.62. The molecule has 5 nitrogen and oxygen atoms in total. The first kappa shape index (κ1) is 12.8. The second kappa shape index (κ2) is 4.94. The lowest BCUT2D eigenvalue weighted by Gasteiger charge is -2.35. The van der Waals surface area contributed by atoms with Crippen LogP contribution in [0.5, 0.6) is 0 Å². The van der Waals surface area contributed by atoms with E-state index in [-0.39, 0.29) is 11.8 Å². The standard InChI is InChI=1S/C13H17NO4/c1-14-7-8(13(16)18-3)11-10(17-2)6-4-5-9(14)12(11)15/h4,6-7,9-11H,5H2,1-3H3/t9-,10?,11+/m1/s1. The molecule has 2 rings (SSSR count). The van der Waals surface area contributed by atoms with Crippen LogP contribution in [-0.2, 0) is 19.1 Å². The van der Waals surface area contributed by atoms with Gasteiger partial charge in [0.15, 0.2) is 5.78 Å². The van der Waals surface area contributed by atoms with Crippen molar-refractivity contribution in [2.24, 2.45) is 5.92 Å². The molecule has 3 atom stereocenters. The summed E-state index contributed by atoms with van der Waals surface area (Å²) in [5.41, 5.74) is 0.361. The molecule has 2 bridgehead atoms. The maximum Gasteiger partial charge on any atom is 0.336 e. The molecule has 18 heavy (non-hydrogen) atoms. The Bertz CT molecular complexity index is 427. The van der Waals surface area contributed by atoms with Gasteiger partial charge in [-0.3, -0.25) is 4.79 Å². The topological polar surface area (TPSA) is 55.8 Å². The third-order valence-corrected chi connectivity index (χ3v) is 3.51. The van der Waals surface area contributed by atoms with Gasteiger partial charge in [0.05, 0.1) is 30.7 Å². The van der Waals surface area contributed by atoms with E-state index in [0.717, 1.165) is 0 Å². The van der Waals surface area contributed by atoms with E-state index in [1.54, 1.807) is 18.1 Å². The molecular weight excluding hydrogens is 234 g/mol. The highest BCUT2D eigenvalue weighted by Gasteiger charge is 2.43. The SMILES string of the molecule is COC(=O)C1=CN(C)[C@@H]2CC=CC(OC)[C@H]1C2=O. The number of ketones is 1. The third-order valence-electron chi connectivity index (χ3n) is 3.51. The lowest BCUT2D eigenvalue weighted by atomic mass is 9.84. The number of likely N-dealkylation sites (N-methyl/N-ethyl adjacent to an activating group) is 1. The lowest BCUT2D eigenvalue weighted by Crippen LogP contribution is -2.47. The number of esters is 1. The summed E-state index contributed by atoms with van der Waals surface area (Å²) < 4.78 is 10.1. The fourth-order valence-electron chi connectivity index (χ4n) is 2.54. The molecule has 0 radical (unpaired) electrons. The highest BCUT2D eigenvalue weighted by atomic mass is 16.5. The summed E-state index contributed by atoms with van der Waals surface area (Å²) in [6.45, 7) is 0. The van der Waals surface area contributed by atoms with Crippen LogP contribution in [0.3, 0.4) is 0 Å². The predicted molar refractivity (Wildman–Crippen MR) is 64.7 cm³/mol. The number of Topliss-reactive ketones (excluding diaryl/α,β-unsaturated/α-hetero) is 1. The summed E-state index contributed by atoms with van der Waals surface area (Å²) in [7, 11) is 4.65. The molecule has 1 aliphatic heterocycles. The van der Waals surface area contributed by atoms with Crippen molar-refractivity contribution >= 4 is 11.8 Å². The molecule has 5 heteroatoms. The summed E-state index contributed by atoms with van der Waals surface area (Å²) in [5.74, 6) is -1.03. The number of ether oxygens (including phenoxy) is 2. The van der Waals surface area contributed by atoms with E-state index in [9.17, 15) is 9.59 Å². The van der Waals surface area contributed by atoms with E-state index >= 15 is 0 Å². The summed E-state index contributed by atoms with van der Waals surface area (Å²) in [6.07, 6.45) is 5.71. The molecule has 0 aromatic heterocycles. The fraction of sp³-hybridized carbons (Fsp3) is 0.538. The van der Waals surface area contributed by atoms with Gasteiger partial charge in [0.25, 0.3) is 0 Å². The van der Waals surface area contributed by atoms with Crippen molar-refractivity contribution in [3.63, 3.8) is 0 Å². The van der Waals surface area contributed by atoms with Crippen molar-refractivity contribution in [1.82, 2.24) is 4.90 Å². The number of carbonyl (C=O) groups is 2. The monoisotopic (exact) mass is 251 g/mol. The van der Waals surface area contributed by atoms with Crippen LogP contribution in [0.2, 0.25) is 0 Å². The first-order valence-electron chi connectivity index (χ1n) is 5.85. The second-order valence-electron chi connectivity index (χ2n) is 4.50. The van der Waals surface area contributed by atoms with Gasteiger partial charge < -0.3 is 14.4 Å². The quantitative estimate of drug-likeness (QED) is 0.529. The van der Waals surface area contributed by atoms with E-state index in [2.05, 4.69) is 0 Å². The van der Waals surface area contributed by atoms with Gasteiger partial charge in [0.2, 0.25) is 0 Å². The lowest BCUT2D eigenvalue weighted by molar-refractivity contribution is -0.141. The zero-order chi connectivity index (χ0) is 13.3. The second-order valence-corrected chi connectivity index (χ2v) is 4.50. The Kier molecular flexibility index (Phi) is 3.52. The van der Waals surface area contributed by atoms with E-state index in [1.165, 1.54) is 14.2 Å². The first-order valence-corrected chi connectivity index (χ1v) is 5.85. The molecule has 0 saturated heterocycles. The maximum atomic E-state index is 12.4. The number of rotatable bonds is 2. The molecule has 0 fully saturated rings. The maximum absolute atomic E-state index is 12.4. The number of hydrogen-bond acceptors (Lipinski definition) is 5. The number of carbonyl (C=O) groups excluding carboxylic acids is 2. The Labute approximate surface area is 106 Å². The highest BCUT2D eigenvalue weighted by Crippen LogP contribution is 2.32. The minimum absolute atomic E-state index is 0.0113. The molecule has 1 unspecified atom stereocenters. The fourth-order valence-corrected chi connectivity index (χ4v) is 2.54.